The number of fused-ring (bicyclic) bond motifs is 1. The molecule has 0 atom stereocenters. The Morgan fingerprint density at radius 2 is 1.91 bits per heavy atom. The zero-order chi connectivity index (χ0) is 16.4. The summed E-state index contributed by atoms with van der Waals surface area (Å²) in [7, 11) is 0. The SMILES string of the molecule is NNc1nnc(Cc2ccc(F)c(C(=O)O)c2)c2ccccc12. The summed E-state index contributed by atoms with van der Waals surface area (Å²) in [5.74, 6) is 3.82. The summed E-state index contributed by atoms with van der Waals surface area (Å²) in [4.78, 5) is 11.0. The minimum absolute atomic E-state index is 0.332. The molecule has 4 N–H and O–H groups in total. The number of nitrogens with one attached hydrogen (secondary N) is 1. The molecule has 0 radical (unpaired) electrons. The Morgan fingerprint density at radius 3 is 2.61 bits per heavy atom. The lowest BCUT2D eigenvalue weighted by Gasteiger charge is -2.09. The second-order valence-electron chi connectivity index (χ2n) is 4.98. The maximum absolute atomic E-state index is 13.5. The van der Waals surface area contributed by atoms with Crippen LogP contribution in [0.4, 0.5) is 10.2 Å². The van der Waals surface area contributed by atoms with E-state index in [-0.39, 0.29) is 5.56 Å². The predicted octanol–water partition coefficient (Wildman–Crippen LogP) is 2.34. The lowest BCUT2D eigenvalue weighted by Crippen LogP contribution is -2.11. The van der Waals surface area contributed by atoms with Gasteiger partial charge in [0.1, 0.15) is 5.82 Å². The highest BCUT2D eigenvalue weighted by Crippen LogP contribution is 2.24. The zero-order valence-electron chi connectivity index (χ0n) is 12.0. The molecule has 0 saturated heterocycles. The van der Waals surface area contributed by atoms with Gasteiger partial charge in [-0.15, -0.1) is 5.10 Å². The number of carboxylic acid groups (broad SMARTS) is 1. The van der Waals surface area contributed by atoms with Crippen LogP contribution in [0, 0.1) is 5.82 Å². The van der Waals surface area contributed by atoms with E-state index in [0.717, 1.165) is 16.8 Å². The van der Waals surface area contributed by atoms with E-state index in [1.807, 2.05) is 24.3 Å². The van der Waals surface area contributed by atoms with Crippen LogP contribution in [0.5, 0.6) is 0 Å². The number of rotatable bonds is 4. The Morgan fingerprint density at radius 1 is 1.17 bits per heavy atom. The van der Waals surface area contributed by atoms with Crippen LogP contribution < -0.4 is 11.3 Å². The largest absolute Gasteiger partial charge is 0.478 e. The number of aromatic carboxylic acids is 1. The molecule has 0 bridgehead atoms. The van der Waals surface area contributed by atoms with Gasteiger partial charge in [-0.3, -0.25) is 0 Å². The van der Waals surface area contributed by atoms with Crippen LogP contribution in [-0.4, -0.2) is 21.3 Å². The number of carbonyl (C=O) groups is 1. The molecule has 0 aliphatic heterocycles. The van der Waals surface area contributed by atoms with Crippen molar-refractivity contribution in [2.45, 2.75) is 6.42 Å². The molecule has 0 amide bonds. The molecule has 0 saturated carbocycles. The molecule has 1 aromatic heterocycles. The van der Waals surface area contributed by atoms with Crippen molar-refractivity contribution in [2.24, 2.45) is 5.84 Å². The van der Waals surface area contributed by atoms with E-state index in [1.165, 1.54) is 12.1 Å². The molecule has 0 aliphatic carbocycles. The van der Waals surface area contributed by atoms with Crippen molar-refractivity contribution in [1.82, 2.24) is 10.2 Å². The monoisotopic (exact) mass is 312 g/mol. The molecule has 2 aromatic carbocycles. The number of aromatic nitrogens is 2. The van der Waals surface area contributed by atoms with Crippen molar-refractivity contribution in [3.05, 3.63) is 65.1 Å². The molecular weight excluding hydrogens is 299 g/mol. The molecule has 0 aliphatic rings. The summed E-state index contributed by atoms with van der Waals surface area (Å²) in [6.45, 7) is 0. The van der Waals surface area contributed by atoms with Crippen molar-refractivity contribution in [2.75, 3.05) is 5.43 Å². The number of halogens is 1. The van der Waals surface area contributed by atoms with E-state index in [1.54, 1.807) is 0 Å². The highest BCUT2D eigenvalue weighted by molar-refractivity contribution is 5.93. The van der Waals surface area contributed by atoms with Gasteiger partial charge in [-0.1, -0.05) is 30.3 Å². The lowest BCUT2D eigenvalue weighted by molar-refractivity contribution is 0.0691. The van der Waals surface area contributed by atoms with Crippen LogP contribution in [-0.2, 0) is 6.42 Å². The zero-order valence-corrected chi connectivity index (χ0v) is 12.0. The van der Waals surface area contributed by atoms with Gasteiger partial charge in [0, 0.05) is 17.2 Å². The third-order valence-corrected chi connectivity index (χ3v) is 3.53. The predicted molar refractivity (Wildman–Crippen MR) is 83.5 cm³/mol. The maximum Gasteiger partial charge on any atom is 0.338 e. The first-order valence-corrected chi connectivity index (χ1v) is 6.83. The van der Waals surface area contributed by atoms with Crippen LogP contribution in [0.15, 0.2) is 42.5 Å². The molecule has 6 nitrogen and oxygen atoms in total. The van der Waals surface area contributed by atoms with E-state index < -0.39 is 11.8 Å². The summed E-state index contributed by atoms with van der Waals surface area (Å²) in [5.41, 5.74) is 3.42. The van der Waals surface area contributed by atoms with E-state index in [2.05, 4.69) is 15.6 Å². The smallest absolute Gasteiger partial charge is 0.338 e. The topological polar surface area (TPSA) is 101 Å². The minimum atomic E-state index is -1.30. The number of nitrogen functional groups attached to an aromatic ring is 1. The van der Waals surface area contributed by atoms with E-state index in [0.29, 0.717) is 23.5 Å². The molecule has 3 rings (SSSR count). The summed E-state index contributed by atoms with van der Waals surface area (Å²) < 4.78 is 13.5. The van der Waals surface area contributed by atoms with Crippen molar-refractivity contribution < 1.29 is 14.3 Å². The molecule has 116 valence electrons. The Hall–Kier alpha value is -3.06. The maximum atomic E-state index is 13.5. The first kappa shape index (κ1) is 14.9. The number of nitrogens with zero attached hydrogens (tertiary/aromatic N) is 2. The molecular formula is C16H13FN4O2. The highest BCUT2D eigenvalue weighted by Gasteiger charge is 2.13. The molecule has 3 aromatic rings. The molecule has 1 heterocycles. The third-order valence-electron chi connectivity index (χ3n) is 3.53. The normalized spacial score (nSPS) is 10.7. The number of carboxylic acids is 1. The average Bonchev–Trinajstić information content (AvgIpc) is 2.56. The highest BCUT2D eigenvalue weighted by atomic mass is 19.1. The van der Waals surface area contributed by atoms with Gasteiger partial charge in [-0.25, -0.2) is 15.0 Å². The minimum Gasteiger partial charge on any atom is -0.478 e. The van der Waals surface area contributed by atoms with Gasteiger partial charge in [-0.05, 0) is 17.7 Å². The van der Waals surface area contributed by atoms with Crippen LogP contribution >= 0.6 is 0 Å². The Kier molecular flexibility index (Phi) is 3.86. The molecule has 0 fully saturated rings. The Bertz CT molecular complexity index is 898. The summed E-state index contributed by atoms with van der Waals surface area (Å²) in [6.07, 6.45) is 0.332. The quantitative estimate of drug-likeness (QED) is 0.505. The van der Waals surface area contributed by atoms with Gasteiger partial charge in [0.05, 0.1) is 11.3 Å². The standard InChI is InChI=1S/C16H13FN4O2/c17-13-6-5-9(7-12(13)16(22)23)8-14-10-3-1-2-4-11(10)15(19-18)21-20-14/h1-7H,8,18H2,(H,19,21)(H,22,23). The molecule has 7 heteroatoms. The number of hydrogen-bond donors (Lipinski definition) is 3. The van der Waals surface area contributed by atoms with Crippen molar-refractivity contribution >= 4 is 22.6 Å². The number of benzene rings is 2. The summed E-state index contributed by atoms with van der Waals surface area (Å²) in [6, 6.07) is 11.4. The number of hydrogen-bond acceptors (Lipinski definition) is 5. The van der Waals surface area contributed by atoms with Crippen molar-refractivity contribution in [1.29, 1.82) is 0 Å². The fourth-order valence-corrected chi connectivity index (χ4v) is 2.44. The van der Waals surface area contributed by atoms with E-state index in [4.69, 9.17) is 10.9 Å². The molecule has 23 heavy (non-hydrogen) atoms. The van der Waals surface area contributed by atoms with Crippen LogP contribution in [0.25, 0.3) is 10.8 Å². The lowest BCUT2D eigenvalue weighted by atomic mass is 10.0. The van der Waals surface area contributed by atoms with Gasteiger partial charge in [-0.2, -0.15) is 5.10 Å². The van der Waals surface area contributed by atoms with E-state index in [9.17, 15) is 9.18 Å². The third kappa shape index (κ3) is 2.82. The first-order valence-electron chi connectivity index (χ1n) is 6.83. The second kappa shape index (κ2) is 5.98. The second-order valence-corrected chi connectivity index (χ2v) is 4.98. The van der Waals surface area contributed by atoms with Gasteiger partial charge in [0.15, 0.2) is 5.82 Å². The molecule has 0 spiro atoms. The summed E-state index contributed by atoms with van der Waals surface area (Å²) in [5, 5.41) is 18.8. The Balaban J connectivity index is 2.06. The van der Waals surface area contributed by atoms with Crippen LogP contribution in [0.2, 0.25) is 0 Å². The first-order chi connectivity index (χ1) is 11.1. The molecule has 0 unspecified atom stereocenters. The van der Waals surface area contributed by atoms with Gasteiger partial charge < -0.3 is 10.5 Å². The van der Waals surface area contributed by atoms with E-state index >= 15 is 0 Å². The Labute approximate surface area is 130 Å². The van der Waals surface area contributed by atoms with Gasteiger partial charge in [0.2, 0.25) is 0 Å². The van der Waals surface area contributed by atoms with Crippen LogP contribution in [0.1, 0.15) is 21.6 Å². The number of nitrogens with two attached hydrogens (primary N) is 1. The fourth-order valence-electron chi connectivity index (χ4n) is 2.44. The number of anilines is 1. The average molecular weight is 312 g/mol. The number of hydrazine groups is 1. The van der Waals surface area contributed by atoms with Crippen molar-refractivity contribution in [3.8, 4) is 0 Å². The van der Waals surface area contributed by atoms with Crippen molar-refractivity contribution in [3.63, 3.8) is 0 Å². The van der Waals surface area contributed by atoms with Gasteiger partial charge in [0.25, 0.3) is 0 Å². The fraction of sp³-hybridized carbons (Fsp3) is 0.0625. The van der Waals surface area contributed by atoms with Crippen LogP contribution in [0.3, 0.4) is 0 Å². The summed E-state index contributed by atoms with van der Waals surface area (Å²) >= 11 is 0. The van der Waals surface area contributed by atoms with Gasteiger partial charge >= 0.3 is 5.97 Å².